The quantitative estimate of drug-likeness (QED) is 0.807. The van der Waals surface area contributed by atoms with Gasteiger partial charge >= 0.3 is 0 Å². The summed E-state index contributed by atoms with van der Waals surface area (Å²) in [4.78, 5) is 0.164. The van der Waals surface area contributed by atoms with E-state index in [-0.39, 0.29) is 11.4 Å². The van der Waals surface area contributed by atoms with Crippen molar-refractivity contribution in [1.29, 1.82) is 0 Å². The van der Waals surface area contributed by atoms with E-state index in [0.717, 1.165) is 11.1 Å². The Balaban J connectivity index is 3.14. The molecule has 0 aliphatic carbocycles. The third kappa shape index (κ3) is 4.18. The smallest absolute Gasteiger partial charge is 0.244 e. The van der Waals surface area contributed by atoms with Crippen molar-refractivity contribution in [3.05, 3.63) is 23.3 Å². The molecule has 0 aliphatic rings. The lowest BCUT2D eigenvalue weighted by Crippen LogP contribution is -2.49. The van der Waals surface area contributed by atoms with E-state index < -0.39 is 15.6 Å². The Kier molecular flexibility index (Phi) is 5.78. The molecule has 0 aromatic heterocycles. The topological polar surface area (TPSA) is 81.4 Å². The molecule has 0 atom stereocenters. The lowest BCUT2D eigenvalue weighted by atomic mass is 9.95. The summed E-state index contributed by atoms with van der Waals surface area (Å²) in [5.41, 5.74) is 7.29. The number of nitrogens with one attached hydrogen (secondary N) is 1. The summed E-state index contributed by atoms with van der Waals surface area (Å²) in [6.07, 6.45) is 1.41. The third-order valence-corrected chi connectivity index (χ3v) is 5.31. The highest BCUT2D eigenvalue weighted by Gasteiger charge is 2.26. The van der Waals surface area contributed by atoms with Crippen molar-refractivity contribution in [3.8, 4) is 5.75 Å². The summed E-state index contributed by atoms with van der Waals surface area (Å²) in [5, 5.41) is 0. The summed E-state index contributed by atoms with van der Waals surface area (Å²) >= 11 is 0. The minimum Gasteiger partial charge on any atom is -0.495 e. The van der Waals surface area contributed by atoms with E-state index in [2.05, 4.69) is 4.72 Å². The Morgan fingerprint density at radius 3 is 2.29 bits per heavy atom. The summed E-state index contributed by atoms with van der Waals surface area (Å²) in [7, 11) is -2.18. The van der Waals surface area contributed by atoms with Crippen molar-refractivity contribution >= 4 is 10.0 Å². The van der Waals surface area contributed by atoms with Crippen LogP contribution in [0.25, 0.3) is 0 Å². The van der Waals surface area contributed by atoms with E-state index in [1.54, 1.807) is 6.07 Å². The first-order chi connectivity index (χ1) is 9.69. The molecule has 0 unspecified atom stereocenters. The average Bonchev–Trinajstić information content (AvgIpc) is 2.44. The fourth-order valence-corrected chi connectivity index (χ4v) is 3.66. The third-order valence-electron chi connectivity index (χ3n) is 3.90. The molecule has 0 radical (unpaired) electrons. The Hall–Kier alpha value is -1.11. The molecular weight excluding hydrogens is 288 g/mol. The van der Waals surface area contributed by atoms with Crippen LogP contribution in [0.4, 0.5) is 0 Å². The van der Waals surface area contributed by atoms with Gasteiger partial charge < -0.3 is 10.5 Å². The van der Waals surface area contributed by atoms with Crippen LogP contribution in [0.15, 0.2) is 17.0 Å². The van der Waals surface area contributed by atoms with Crippen molar-refractivity contribution in [2.45, 2.75) is 51.0 Å². The van der Waals surface area contributed by atoms with Crippen LogP contribution in [0.5, 0.6) is 5.75 Å². The first-order valence-corrected chi connectivity index (χ1v) is 8.61. The standard InChI is InChI=1S/C15H26N2O3S/c1-6-15(16,7-2)10-17-21(18,19)13-9-11(3)8-12(4)14(13)20-5/h8-9,17H,6-7,10,16H2,1-5H3. The largest absolute Gasteiger partial charge is 0.495 e. The molecule has 1 rings (SSSR count). The second-order valence-electron chi connectivity index (χ2n) is 5.51. The molecule has 0 bridgehead atoms. The molecule has 5 nitrogen and oxygen atoms in total. The highest BCUT2D eigenvalue weighted by atomic mass is 32.2. The van der Waals surface area contributed by atoms with Gasteiger partial charge in [0.1, 0.15) is 10.6 Å². The molecule has 0 aliphatic heterocycles. The van der Waals surface area contributed by atoms with Gasteiger partial charge in [-0.05, 0) is 43.9 Å². The molecule has 6 heteroatoms. The lowest BCUT2D eigenvalue weighted by molar-refractivity contribution is 0.387. The summed E-state index contributed by atoms with van der Waals surface area (Å²) in [6.45, 7) is 7.80. The van der Waals surface area contributed by atoms with Gasteiger partial charge in [-0.15, -0.1) is 0 Å². The van der Waals surface area contributed by atoms with Gasteiger partial charge in [0.25, 0.3) is 0 Å². The second-order valence-corrected chi connectivity index (χ2v) is 7.24. The molecular formula is C15H26N2O3S. The number of hydrogen-bond acceptors (Lipinski definition) is 4. The maximum absolute atomic E-state index is 12.5. The van der Waals surface area contributed by atoms with Crippen LogP contribution in [-0.4, -0.2) is 27.6 Å². The van der Waals surface area contributed by atoms with Gasteiger partial charge in [-0.25, -0.2) is 13.1 Å². The normalized spacial score (nSPS) is 12.5. The van der Waals surface area contributed by atoms with Gasteiger partial charge in [-0.1, -0.05) is 19.9 Å². The Labute approximate surface area is 127 Å². The van der Waals surface area contributed by atoms with Crippen LogP contribution < -0.4 is 15.2 Å². The SMILES string of the molecule is CCC(N)(CC)CNS(=O)(=O)c1cc(C)cc(C)c1OC. The number of sulfonamides is 1. The summed E-state index contributed by atoms with van der Waals surface area (Å²) < 4.78 is 33.0. The predicted octanol–water partition coefficient (Wildman–Crippen LogP) is 2.11. The van der Waals surface area contributed by atoms with Crippen molar-refractivity contribution in [3.63, 3.8) is 0 Å². The fourth-order valence-electron chi connectivity index (χ4n) is 2.19. The minimum absolute atomic E-state index is 0.164. The number of nitrogens with two attached hydrogens (primary N) is 1. The minimum atomic E-state index is -3.66. The van der Waals surface area contributed by atoms with Crippen molar-refractivity contribution in [2.75, 3.05) is 13.7 Å². The molecule has 1 aromatic carbocycles. The van der Waals surface area contributed by atoms with Crippen molar-refractivity contribution in [2.24, 2.45) is 5.73 Å². The average molecular weight is 314 g/mol. The molecule has 1 aromatic rings. The van der Waals surface area contributed by atoms with E-state index >= 15 is 0 Å². The van der Waals surface area contributed by atoms with E-state index in [1.165, 1.54) is 7.11 Å². The summed E-state index contributed by atoms with van der Waals surface area (Å²) in [5.74, 6) is 0.378. The molecule has 0 spiro atoms. The zero-order valence-electron chi connectivity index (χ0n) is 13.5. The number of rotatable bonds is 7. The Morgan fingerprint density at radius 2 is 1.81 bits per heavy atom. The molecule has 0 saturated carbocycles. The van der Waals surface area contributed by atoms with Gasteiger partial charge in [0, 0.05) is 12.1 Å². The van der Waals surface area contributed by atoms with E-state index in [4.69, 9.17) is 10.5 Å². The van der Waals surface area contributed by atoms with Gasteiger partial charge in [-0.3, -0.25) is 0 Å². The van der Waals surface area contributed by atoms with Crippen LogP contribution in [0.3, 0.4) is 0 Å². The fraction of sp³-hybridized carbons (Fsp3) is 0.600. The van der Waals surface area contributed by atoms with Gasteiger partial charge in [0.2, 0.25) is 10.0 Å². The van der Waals surface area contributed by atoms with E-state index in [0.29, 0.717) is 18.6 Å². The number of ether oxygens (including phenoxy) is 1. The number of methoxy groups -OCH3 is 1. The molecule has 21 heavy (non-hydrogen) atoms. The van der Waals surface area contributed by atoms with Crippen molar-refractivity contribution in [1.82, 2.24) is 4.72 Å². The van der Waals surface area contributed by atoms with Crippen LogP contribution in [0.1, 0.15) is 37.8 Å². The monoisotopic (exact) mass is 314 g/mol. The van der Waals surface area contributed by atoms with Crippen LogP contribution in [-0.2, 0) is 10.0 Å². The van der Waals surface area contributed by atoms with Crippen LogP contribution in [0.2, 0.25) is 0 Å². The molecule has 120 valence electrons. The van der Waals surface area contributed by atoms with Crippen molar-refractivity contribution < 1.29 is 13.2 Å². The second kappa shape index (κ2) is 6.77. The molecule has 0 saturated heterocycles. The number of benzene rings is 1. The molecule has 0 fully saturated rings. The van der Waals surface area contributed by atoms with Gasteiger partial charge in [0.05, 0.1) is 7.11 Å². The number of aryl methyl sites for hydroxylation is 2. The first-order valence-electron chi connectivity index (χ1n) is 7.13. The predicted molar refractivity (Wildman–Crippen MR) is 85.2 cm³/mol. The molecule has 0 amide bonds. The van der Waals surface area contributed by atoms with E-state index in [9.17, 15) is 8.42 Å². The van der Waals surface area contributed by atoms with Crippen LogP contribution in [0, 0.1) is 13.8 Å². The maximum Gasteiger partial charge on any atom is 0.244 e. The maximum atomic E-state index is 12.5. The first kappa shape index (κ1) is 17.9. The van der Waals surface area contributed by atoms with E-state index in [1.807, 2.05) is 33.8 Å². The van der Waals surface area contributed by atoms with Gasteiger partial charge in [0.15, 0.2) is 0 Å². The lowest BCUT2D eigenvalue weighted by Gasteiger charge is -2.27. The van der Waals surface area contributed by atoms with Gasteiger partial charge in [-0.2, -0.15) is 0 Å². The zero-order chi connectivity index (χ0) is 16.3. The number of hydrogen-bond donors (Lipinski definition) is 2. The highest BCUT2D eigenvalue weighted by Crippen LogP contribution is 2.29. The molecule has 0 heterocycles. The zero-order valence-corrected chi connectivity index (χ0v) is 14.3. The van der Waals surface area contributed by atoms with Crippen LogP contribution >= 0.6 is 0 Å². The Morgan fingerprint density at radius 1 is 1.24 bits per heavy atom. The molecule has 3 N–H and O–H groups in total. The summed E-state index contributed by atoms with van der Waals surface area (Å²) in [6, 6.07) is 3.51. The Bertz CT molecular complexity index is 593. The highest BCUT2D eigenvalue weighted by molar-refractivity contribution is 7.89.